The van der Waals surface area contributed by atoms with Gasteiger partial charge in [0.05, 0.1) is 12.3 Å². The highest BCUT2D eigenvalue weighted by atomic mass is 32.2. The third-order valence-electron chi connectivity index (χ3n) is 7.76. The van der Waals surface area contributed by atoms with Crippen LogP contribution in [0.15, 0.2) is 49.7 Å². The monoisotopic (exact) mass is 578 g/mol. The molecule has 0 atom stereocenters. The number of allylic oxidation sites excluding steroid dienone is 1. The summed E-state index contributed by atoms with van der Waals surface area (Å²) in [4.78, 5) is 59.8. The molecule has 12 nitrogen and oxygen atoms in total. The number of rotatable bonds is 9. The molecule has 0 radical (unpaired) electrons. The molecule has 1 N–H and O–H groups in total. The quantitative estimate of drug-likeness (QED) is 0.403. The minimum atomic E-state index is -3.76. The van der Waals surface area contributed by atoms with E-state index in [-0.39, 0.29) is 52.8 Å². The number of hydrogen-bond acceptors (Lipinski definition) is 8. The van der Waals surface area contributed by atoms with Gasteiger partial charge in [0.25, 0.3) is 5.56 Å². The summed E-state index contributed by atoms with van der Waals surface area (Å²) < 4.78 is 28.0. The minimum Gasteiger partial charge on any atom is -0.326 e. The Kier molecular flexibility index (Phi) is 6.44. The number of ketones is 1. The van der Waals surface area contributed by atoms with Crippen molar-refractivity contribution in [3.63, 3.8) is 0 Å². The zero-order chi connectivity index (χ0) is 29.2. The summed E-state index contributed by atoms with van der Waals surface area (Å²) in [5.74, 6) is 0.303. The van der Waals surface area contributed by atoms with Gasteiger partial charge in [-0.25, -0.2) is 13.2 Å². The maximum Gasteiger partial charge on any atom is 0.332 e. The Labute approximate surface area is 235 Å². The molecule has 0 saturated heterocycles. The molecule has 2 saturated carbocycles. The van der Waals surface area contributed by atoms with E-state index in [1.54, 1.807) is 6.20 Å². The first-order valence-electron chi connectivity index (χ1n) is 13.5. The van der Waals surface area contributed by atoms with Crippen LogP contribution in [-0.4, -0.2) is 50.8 Å². The highest BCUT2D eigenvalue weighted by molar-refractivity contribution is 7.90. The minimum absolute atomic E-state index is 0.0105. The first-order valence-corrected chi connectivity index (χ1v) is 15.4. The van der Waals surface area contributed by atoms with E-state index in [9.17, 15) is 27.6 Å². The molecular weight excluding hydrogens is 548 g/mol. The van der Waals surface area contributed by atoms with Gasteiger partial charge < -0.3 is 9.88 Å². The normalized spacial score (nSPS) is 17.0. The lowest BCUT2D eigenvalue weighted by Gasteiger charge is -2.12. The SMILES string of the molecule is Cn1c(=O)c2c(nc(S(C)(=O)=O)n2C)n(CC2=CN=C(c3cc(CC(=O)C4CC4)cc(NC(=O)C4CC4)c3)C2)c1=O. The molecule has 214 valence electrons. The van der Waals surface area contributed by atoms with Crippen molar-refractivity contribution in [1.29, 1.82) is 0 Å². The number of hydrogen-bond donors (Lipinski definition) is 1. The zero-order valence-corrected chi connectivity index (χ0v) is 23.8. The second kappa shape index (κ2) is 9.75. The Morgan fingerprint density at radius 2 is 1.73 bits per heavy atom. The molecule has 2 aromatic heterocycles. The van der Waals surface area contributed by atoms with Crippen molar-refractivity contribution in [2.75, 3.05) is 11.6 Å². The van der Waals surface area contributed by atoms with Crippen LogP contribution in [0, 0.1) is 11.8 Å². The topological polar surface area (TPSA) is 154 Å². The van der Waals surface area contributed by atoms with E-state index >= 15 is 0 Å². The number of benzene rings is 1. The lowest BCUT2D eigenvalue weighted by atomic mass is 9.98. The van der Waals surface area contributed by atoms with Crippen LogP contribution >= 0.6 is 0 Å². The van der Waals surface area contributed by atoms with Gasteiger partial charge in [-0.2, -0.15) is 4.98 Å². The van der Waals surface area contributed by atoms with Gasteiger partial charge in [0.15, 0.2) is 11.2 Å². The second-order valence-electron chi connectivity index (χ2n) is 11.3. The summed E-state index contributed by atoms with van der Waals surface area (Å²) in [7, 11) is -0.991. The fraction of sp³-hybridized carbons (Fsp3) is 0.429. The molecule has 0 spiro atoms. The van der Waals surface area contributed by atoms with Crippen LogP contribution in [0.25, 0.3) is 11.2 Å². The Morgan fingerprint density at radius 1 is 1.02 bits per heavy atom. The Hall–Kier alpha value is -4.13. The van der Waals surface area contributed by atoms with Crippen LogP contribution in [0.3, 0.4) is 0 Å². The molecule has 2 fully saturated rings. The van der Waals surface area contributed by atoms with E-state index in [0.717, 1.165) is 53.2 Å². The van der Waals surface area contributed by atoms with Crippen molar-refractivity contribution in [3.8, 4) is 0 Å². The Balaban J connectivity index is 1.30. The molecule has 3 aromatic rings. The van der Waals surface area contributed by atoms with E-state index in [1.807, 2.05) is 18.2 Å². The number of sulfone groups is 1. The third kappa shape index (κ3) is 5.21. The number of carbonyl (C=O) groups excluding carboxylic acids is 2. The van der Waals surface area contributed by atoms with Gasteiger partial charge in [-0.1, -0.05) is 0 Å². The molecule has 6 rings (SSSR count). The van der Waals surface area contributed by atoms with Crippen molar-refractivity contribution < 1.29 is 18.0 Å². The van der Waals surface area contributed by atoms with Crippen molar-refractivity contribution in [1.82, 2.24) is 18.7 Å². The van der Waals surface area contributed by atoms with Crippen molar-refractivity contribution in [3.05, 3.63) is 61.9 Å². The number of nitrogens with one attached hydrogen (secondary N) is 1. The Morgan fingerprint density at radius 3 is 2.39 bits per heavy atom. The number of aromatic nitrogens is 4. The van der Waals surface area contributed by atoms with Crippen LogP contribution in [0.2, 0.25) is 0 Å². The fourth-order valence-electron chi connectivity index (χ4n) is 5.21. The number of carbonyl (C=O) groups is 2. The maximum atomic E-state index is 13.1. The van der Waals surface area contributed by atoms with Crippen molar-refractivity contribution in [2.24, 2.45) is 30.9 Å². The van der Waals surface area contributed by atoms with Crippen LogP contribution in [-0.2, 0) is 46.5 Å². The summed E-state index contributed by atoms with van der Waals surface area (Å²) >= 11 is 0. The fourth-order valence-corrected chi connectivity index (χ4v) is 6.05. The van der Waals surface area contributed by atoms with E-state index in [1.165, 1.54) is 23.2 Å². The molecule has 13 heteroatoms. The molecule has 1 aromatic carbocycles. The van der Waals surface area contributed by atoms with Gasteiger partial charge in [-0.3, -0.25) is 28.5 Å². The van der Waals surface area contributed by atoms with Gasteiger partial charge in [-0.15, -0.1) is 0 Å². The average molecular weight is 579 g/mol. The molecule has 3 aliphatic rings. The first kappa shape index (κ1) is 27.1. The summed E-state index contributed by atoms with van der Waals surface area (Å²) in [6.07, 6.45) is 6.88. The molecule has 41 heavy (non-hydrogen) atoms. The molecule has 1 amide bonds. The molecular formula is C28H30N6O6S. The predicted octanol–water partition coefficient (Wildman–Crippen LogP) is 1.48. The third-order valence-corrected chi connectivity index (χ3v) is 8.79. The number of amides is 1. The van der Waals surface area contributed by atoms with Crippen molar-refractivity contribution >= 4 is 44.1 Å². The number of imidazole rings is 1. The van der Waals surface area contributed by atoms with Gasteiger partial charge in [-0.05, 0) is 60.6 Å². The van der Waals surface area contributed by atoms with E-state index in [2.05, 4.69) is 15.3 Å². The number of nitrogens with zero attached hydrogens (tertiary/aromatic N) is 5. The summed E-state index contributed by atoms with van der Waals surface area (Å²) in [6, 6.07) is 5.60. The van der Waals surface area contributed by atoms with E-state index < -0.39 is 21.1 Å². The van der Waals surface area contributed by atoms with Crippen molar-refractivity contribution in [2.45, 2.75) is 50.2 Å². The average Bonchev–Trinajstić information content (AvgIpc) is 3.84. The standard InChI is InChI=1S/C28H30N6O6S/c1-32-23-24(31-27(32)41(3,39)40)34(28(38)33(2)26(23)37)14-16-10-21(29-13-16)19-8-15(11-22(35)17-4-5-17)9-20(12-19)30-25(36)18-6-7-18/h8-9,12-13,17-18H,4-7,10-11,14H2,1-3H3,(H,30,36). The van der Waals surface area contributed by atoms with Gasteiger partial charge in [0, 0.05) is 56.9 Å². The predicted molar refractivity (Wildman–Crippen MR) is 152 cm³/mol. The van der Waals surface area contributed by atoms with Crippen LogP contribution in [0.4, 0.5) is 5.69 Å². The van der Waals surface area contributed by atoms with Gasteiger partial charge >= 0.3 is 5.69 Å². The number of anilines is 1. The number of Topliss-reactive ketones (excluding diaryl/α,β-unsaturated/α-hetero) is 1. The highest BCUT2D eigenvalue weighted by Crippen LogP contribution is 2.33. The molecule has 2 aliphatic carbocycles. The van der Waals surface area contributed by atoms with E-state index in [4.69, 9.17) is 0 Å². The summed E-state index contributed by atoms with van der Waals surface area (Å²) in [5, 5.41) is 2.67. The Bertz CT molecular complexity index is 1890. The van der Waals surface area contributed by atoms with Crippen LogP contribution in [0.1, 0.15) is 43.2 Å². The number of aryl methyl sites for hydroxylation is 1. The maximum absolute atomic E-state index is 13.1. The molecule has 0 unspecified atom stereocenters. The lowest BCUT2D eigenvalue weighted by molar-refractivity contribution is -0.119. The van der Waals surface area contributed by atoms with E-state index in [0.29, 0.717) is 17.8 Å². The summed E-state index contributed by atoms with van der Waals surface area (Å²) in [6.45, 7) is 0.0435. The highest BCUT2D eigenvalue weighted by Gasteiger charge is 2.31. The van der Waals surface area contributed by atoms with Gasteiger partial charge in [0.2, 0.25) is 20.9 Å². The first-order chi connectivity index (χ1) is 19.4. The van der Waals surface area contributed by atoms with Crippen LogP contribution < -0.4 is 16.6 Å². The van der Waals surface area contributed by atoms with Gasteiger partial charge in [0.1, 0.15) is 5.78 Å². The largest absolute Gasteiger partial charge is 0.332 e. The smallest absolute Gasteiger partial charge is 0.326 e. The lowest BCUT2D eigenvalue weighted by Crippen LogP contribution is -2.39. The van der Waals surface area contributed by atoms with Crippen LogP contribution in [0.5, 0.6) is 0 Å². The summed E-state index contributed by atoms with van der Waals surface area (Å²) in [5.41, 5.74) is 2.37. The number of aliphatic imine (C=N–C) groups is 1. The second-order valence-corrected chi connectivity index (χ2v) is 13.2. The molecule has 1 aliphatic heterocycles. The molecule has 3 heterocycles. The zero-order valence-electron chi connectivity index (χ0n) is 23.0. The molecule has 0 bridgehead atoms. The number of fused-ring (bicyclic) bond motifs is 1.